The quantitative estimate of drug-likeness (QED) is 0.679. The van der Waals surface area contributed by atoms with Crippen molar-refractivity contribution >= 4 is 0 Å². The molecule has 0 saturated heterocycles. The third-order valence-electron chi connectivity index (χ3n) is 3.45. The highest BCUT2D eigenvalue weighted by Crippen LogP contribution is 2.22. The molecule has 0 aliphatic rings. The number of hydrogen-bond acceptors (Lipinski definition) is 5. The molecule has 0 saturated carbocycles. The molecule has 0 radical (unpaired) electrons. The number of benzene rings is 1. The van der Waals surface area contributed by atoms with Gasteiger partial charge < -0.3 is 9.30 Å². The van der Waals surface area contributed by atoms with Gasteiger partial charge in [-0.2, -0.15) is 18.3 Å². The second-order valence-electron chi connectivity index (χ2n) is 5.34. The molecule has 0 spiro atoms. The second-order valence-corrected chi connectivity index (χ2v) is 5.34. The molecule has 0 fully saturated rings. The van der Waals surface area contributed by atoms with E-state index in [1.165, 1.54) is 24.3 Å². The first-order chi connectivity index (χ1) is 11.9. The summed E-state index contributed by atoms with van der Waals surface area (Å²) in [4.78, 5) is 4.26. The van der Waals surface area contributed by atoms with Crippen LogP contribution in [0, 0.1) is 0 Å². The van der Waals surface area contributed by atoms with Gasteiger partial charge in [-0.25, -0.2) is 9.67 Å². The third-order valence-corrected chi connectivity index (χ3v) is 3.45. The van der Waals surface area contributed by atoms with Gasteiger partial charge in [-0.05, 0) is 6.07 Å². The molecule has 132 valence electrons. The van der Waals surface area contributed by atoms with Crippen molar-refractivity contribution in [2.45, 2.75) is 25.7 Å². The fraction of sp³-hybridized carbons (Fsp3) is 0.333. The Morgan fingerprint density at radius 3 is 2.52 bits per heavy atom. The Hall–Kier alpha value is -2.91. The molecule has 25 heavy (non-hydrogen) atoms. The van der Waals surface area contributed by atoms with Crippen LogP contribution >= 0.6 is 0 Å². The minimum absolute atomic E-state index is 0.0992. The van der Waals surface area contributed by atoms with Crippen molar-refractivity contribution in [3.05, 3.63) is 54.1 Å². The lowest BCUT2D eigenvalue weighted by Gasteiger charge is -2.08. The molecule has 7 nitrogen and oxygen atoms in total. The zero-order chi connectivity index (χ0) is 17.9. The molecule has 0 atom stereocenters. The number of nitrogens with zero attached hydrogens (tertiary/aromatic N) is 6. The van der Waals surface area contributed by atoms with Crippen LogP contribution in [0.2, 0.25) is 0 Å². The fourth-order valence-electron chi connectivity index (χ4n) is 2.40. The van der Waals surface area contributed by atoms with E-state index in [2.05, 4.69) is 20.3 Å². The Balaban J connectivity index is 1.89. The van der Waals surface area contributed by atoms with Crippen LogP contribution in [0.5, 0.6) is 5.75 Å². The van der Waals surface area contributed by atoms with E-state index in [9.17, 15) is 13.2 Å². The lowest BCUT2D eigenvalue weighted by Crippen LogP contribution is -2.21. The number of alkyl halides is 3. The van der Waals surface area contributed by atoms with Crippen LogP contribution in [0.3, 0.4) is 0 Å². The van der Waals surface area contributed by atoms with Crippen LogP contribution < -0.4 is 4.74 Å². The number of rotatable bonds is 6. The first-order valence-corrected chi connectivity index (χ1v) is 7.38. The topological polar surface area (TPSA) is 70.7 Å². The van der Waals surface area contributed by atoms with Gasteiger partial charge in [-0.1, -0.05) is 18.2 Å². The maximum absolute atomic E-state index is 12.8. The number of hydrogen-bond donors (Lipinski definition) is 0. The Morgan fingerprint density at radius 1 is 1.12 bits per heavy atom. The van der Waals surface area contributed by atoms with E-state index < -0.39 is 12.7 Å². The van der Waals surface area contributed by atoms with Crippen molar-refractivity contribution in [2.75, 3.05) is 7.11 Å². The van der Waals surface area contributed by atoms with E-state index >= 15 is 0 Å². The maximum atomic E-state index is 12.8. The Kier molecular flexibility index (Phi) is 4.68. The molecule has 3 aromatic rings. The lowest BCUT2D eigenvalue weighted by atomic mass is 10.1. The standard InChI is InChI=1S/C15H15F3N6O/c1-25-12-5-3-2-4-11(12)6-13-21-14(7-23-9-19-20-10-23)24(22-13)8-15(16,17)18/h2-5,9-10H,6-8H2,1H3. The Morgan fingerprint density at radius 2 is 1.84 bits per heavy atom. The number of aromatic nitrogens is 6. The van der Waals surface area contributed by atoms with Crippen LogP contribution in [0.15, 0.2) is 36.9 Å². The summed E-state index contributed by atoms with van der Waals surface area (Å²) in [6.45, 7) is -1.11. The molecule has 0 unspecified atom stereocenters. The van der Waals surface area contributed by atoms with Gasteiger partial charge in [0.1, 0.15) is 30.8 Å². The Bertz CT molecular complexity index is 828. The molecule has 2 heterocycles. The van der Waals surface area contributed by atoms with E-state index in [1.807, 2.05) is 18.2 Å². The second kappa shape index (κ2) is 6.91. The third kappa shape index (κ3) is 4.34. The fourth-order valence-corrected chi connectivity index (χ4v) is 2.40. The first kappa shape index (κ1) is 16.9. The smallest absolute Gasteiger partial charge is 0.408 e. The average Bonchev–Trinajstić information content (AvgIpc) is 3.17. The van der Waals surface area contributed by atoms with Gasteiger partial charge in [-0.15, -0.1) is 10.2 Å². The number of halogens is 3. The summed E-state index contributed by atoms with van der Waals surface area (Å²) in [5.41, 5.74) is 0.796. The summed E-state index contributed by atoms with van der Waals surface area (Å²) in [5.74, 6) is 1.11. The van der Waals surface area contributed by atoms with E-state index in [0.29, 0.717) is 5.75 Å². The largest absolute Gasteiger partial charge is 0.496 e. The predicted molar refractivity (Wildman–Crippen MR) is 81.0 cm³/mol. The molecule has 2 aromatic heterocycles. The molecule has 0 aliphatic carbocycles. The molecule has 3 rings (SSSR count). The van der Waals surface area contributed by atoms with Gasteiger partial charge in [0.25, 0.3) is 0 Å². The normalized spacial score (nSPS) is 11.7. The van der Waals surface area contributed by atoms with Gasteiger partial charge in [0.05, 0.1) is 13.7 Å². The summed E-state index contributed by atoms with van der Waals surface area (Å²) >= 11 is 0. The van der Waals surface area contributed by atoms with Crippen LogP contribution in [0.25, 0.3) is 0 Å². The molecule has 0 amide bonds. The highest BCUT2D eigenvalue weighted by molar-refractivity contribution is 5.35. The van der Waals surface area contributed by atoms with Crippen molar-refractivity contribution in [3.8, 4) is 5.75 Å². The maximum Gasteiger partial charge on any atom is 0.408 e. The molecule has 0 aliphatic heterocycles. The van der Waals surface area contributed by atoms with Crippen LogP contribution in [0.1, 0.15) is 17.2 Å². The van der Waals surface area contributed by atoms with E-state index in [-0.39, 0.29) is 24.6 Å². The molecule has 0 N–H and O–H groups in total. The zero-order valence-corrected chi connectivity index (χ0v) is 13.3. The predicted octanol–water partition coefficient (Wildman–Crippen LogP) is 2.08. The zero-order valence-electron chi connectivity index (χ0n) is 13.3. The highest BCUT2D eigenvalue weighted by atomic mass is 19.4. The number of para-hydroxylation sites is 1. The highest BCUT2D eigenvalue weighted by Gasteiger charge is 2.30. The van der Waals surface area contributed by atoms with E-state index in [1.54, 1.807) is 6.07 Å². The molecular weight excluding hydrogens is 337 g/mol. The summed E-state index contributed by atoms with van der Waals surface area (Å²) in [5, 5.41) is 11.3. The monoisotopic (exact) mass is 352 g/mol. The number of ether oxygens (including phenoxy) is 1. The molecule has 0 bridgehead atoms. The van der Waals surface area contributed by atoms with E-state index in [0.717, 1.165) is 10.2 Å². The van der Waals surface area contributed by atoms with Crippen LogP contribution in [0.4, 0.5) is 13.2 Å². The van der Waals surface area contributed by atoms with E-state index in [4.69, 9.17) is 4.74 Å². The molecule has 10 heteroatoms. The van der Waals surface area contributed by atoms with Crippen molar-refractivity contribution in [1.29, 1.82) is 0 Å². The van der Waals surface area contributed by atoms with Gasteiger partial charge in [0, 0.05) is 12.0 Å². The van der Waals surface area contributed by atoms with Gasteiger partial charge in [0.15, 0.2) is 5.82 Å². The summed E-state index contributed by atoms with van der Waals surface area (Å²) < 4.78 is 46.1. The van der Waals surface area contributed by atoms with Gasteiger partial charge in [-0.3, -0.25) is 0 Å². The van der Waals surface area contributed by atoms with Crippen molar-refractivity contribution in [1.82, 2.24) is 29.5 Å². The van der Waals surface area contributed by atoms with Crippen molar-refractivity contribution in [2.24, 2.45) is 0 Å². The average molecular weight is 352 g/mol. The molecule has 1 aromatic carbocycles. The lowest BCUT2D eigenvalue weighted by molar-refractivity contribution is -0.143. The SMILES string of the molecule is COc1ccccc1Cc1nc(Cn2cnnc2)n(CC(F)(F)F)n1. The molecular formula is C15H15F3N6O. The van der Waals surface area contributed by atoms with Gasteiger partial charge >= 0.3 is 6.18 Å². The van der Waals surface area contributed by atoms with Gasteiger partial charge in [0.2, 0.25) is 0 Å². The van der Waals surface area contributed by atoms with Crippen LogP contribution in [-0.4, -0.2) is 42.8 Å². The Labute approximate surface area is 141 Å². The summed E-state index contributed by atoms with van der Waals surface area (Å²) in [6, 6.07) is 7.24. The summed E-state index contributed by atoms with van der Waals surface area (Å²) in [7, 11) is 1.53. The van der Waals surface area contributed by atoms with Crippen molar-refractivity contribution in [3.63, 3.8) is 0 Å². The van der Waals surface area contributed by atoms with Crippen LogP contribution in [-0.2, 0) is 19.5 Å². The minimum Gasteiger partial charge on any atom is -0.496 e. The number of methoxy groups -OCH3 is 1. The first-order valence-electron chi connectivity index (χ1n) is 7.38. The minimum atomic E-state index is -4.39. The summed E-state index contributed by atoms with van der Waals surface area (Å²) in [6.07, 6.45) is -1.31. The van der Waals surface area contributed by atoms with Crippen molar-refractivity contribution < 1.29 is 17.9 Å².